The van der Waals surface area contributed by atoms with E-state index in [2.05, 4.69) is 29.9 Å². The summed E-state index contributed by atoms with van der Waals surface area (Å²) in [5.41, 5.74) is 2.26. The number of anilines is 1. The number of imidazole rings is 1. The van der Waals surface area contributed by atoms with Gasteiger partial charge in [0.2, 0.25) is 16.9 Å². The molecule has 25 nitrogen and oxygen atoms in total. The van der Waals surface area contributed by atoms with Crippen molar-refractivity contribution >= 4 is 86.3 Å². The van der Waals surface area contributed by atoms with Gasteiger partial charge in [0.1, 0.15) is 36.3 Å². The Balaban J connectivity index is 1.21. The first-order chi connectivity index (χ1) is 28.3. The largest absolute Gasteiger partial charge is 0.481 e. The summed E-state index contributed by atoms with van der Waals surface area (Å²) in [6, 6.07) is 3.44. The average molecular weight is 960 g/mol. The summed E-state index contributed by atoms with van der Waals surface area (Å²) < 4.78 is 62.7. The SMILES string of the molecule is CC(C)(COP(=O)(O)OP(=O)(O)OCC1OC(C)(n2cnc3c(N)ncnc32)C(O)C1OP(=O)(O)O)C(O)C(=O)NCCC(=O)NCCSC(=O)C=CCC(=O)c1cccs1. The van der Waals surface area contributed by atoms with E-state index in [1.165, 1.54) is 44.3 Å². The van der Waals surface area contributed by atoms with Crippen LogP contribution in [0.25, 0.3) is 11.2 Å². The van der Waals surface area contributed by atoms with E-state index in [0.29, 0.717) is 4.88 Å². The number of rotatable bonds is 23. The molecular formula is C31H44N7O18P3S2. The Morgan fingerprint density at radius 3 is 2.48 bits per heavy atom. The molecule has 1 aliphatic rings. The molecule has 0 saturated carbocycles. The molecule has 3 aromatic rings. The van der Waals surface area contributed by atoms with Crippen molar-refractivity contribution in [3.63, 3.8) is 0 Å². The fraction of sp³-hybridized carbons (Fsp3) is 0.516. The molecular weight excluding hydrogens is 915 g/mol. The van der Waals surface area contributed by atoms with Crippen molar-refractivity contribution in [2.24, 2.45) is 5.41 Å². The fourth-order valence-electron chi connectivity index (χ4n) is 5.44. The predicted octanol–water partition coefficient (Wildman–Crippen LogP) is 0.730. The second-order valence-corrected chi connectivity index (χ2v) is 20.1. The molecule has 4 rings (SSSR count). The third-order valence-electron chi connectivity index (χ3n) is 8.59. The Labute approximate surface area is 354 Å². The van der Waals surface area contributed by atoms with Crippen LogP contribution in [0.1, 0.15) is 43.3 Å². The van der Waals surface area contributed by atoms with Gasteiger partial charge in [0.15, 0.2) is 23.0 Å². The second-order valence-electron chi connectivity index (χ2n) is 13.8. The number of hydrogen-bond acceptors (Lipinski definition) is 20. The van der Waals surface area contributed by atoms with E-state index < -0.39 is 84.1 Å². The number of allylic oxidation sites excluding steroid dienone is 1. The number of ether oxygens (including phenoxy) is 1. The number of Topliss-reactive ketones (excluding diaryl/α,β-unsaturated/α-hetero) is 1. The summed E-state index contributed by atoms with van der Waals surface area (Å²) in [4.78, 5) is 101. The number of phosphoric acid groups is 3. The van der Waals surface area contributed by atoms with E-state index in [1.54, 1.807) is 17.5 Å². The lowest BCUT2D eigenvalue weighted by Crippen LogP contribution is -2.46. The topological polar surface area (TPSA) is 381 Å². The molecule has 1 saturated heterocycles. The van der Waals surface area contributed by atoms with E-state index in [1.807, 2.05) is 0 Å². The first-order valence-electron chi connectivity index (χ1n) is 17.7. The van der Waals surface area contributed by atoms with Gasteiger partial charge in [0.05, 0.1) is 24.4 Å². The highest BCUT2D eigenvalue weighted by Gasteiger charge is 2.57. The highest BCUT2D eigenvalue weighted by molar-refractivity contribution is 8.14. The van der Waals surface area contributed by atoms with Gasteiger partial charge in [-0.05, 0) is 24.4 Å². The first kappa shape index (κ1) is 50.3. The van der Waals surface area contributed by atoms with Crippen LogP contribution in [0.2, 0.25) is 0 Å². The van der Waals surface area contributed by atoms with Crippen molar-refractivity contribution in [3.8, 4) is 0 Å². The molecule has 10 N–H and O–H groups in total. The molecule has 61 heavy (non-hydrogen) atoms. The number of aliphatic hydroxyl groups excluding tert-OH is 2. The molecule has 0 spiro atoms. The molecule has 30 heteroatoms. The maximum Gasteiger partial charge on any atom is 0.481 e. The number of ketones is 1. The van der Waals surface area contributed by atoms with Crippen LogP contribution < -0.4 is 16.4 Å². The zero-order valence-corrected chi connectivity index (χ0v) is 36.7. The van der Waals surface area contributed by atoms with Gasteiger partial charge >= 0.3 is 23.5 Å². The van der Waals surface area contributed by atoms with Crippen molar-refractivity contribution in [3.05, 3.63) is 47.2 Å². The lowest BCUT2D eigenvalue weighted by molar-refractivity contribution is -0.137. The number of carbonyl (C=O) groups excluding carboxylic acids is 4. The molecule has 4 heterocycles. The number of aliphatic hydroxyl groups is 2. The van der Waals surface area contributed by atoms with Gasteiger partial charge in [-0.25, -0.2) is 28.6 Å². The van der Waals surface area contributed by atoms with Gasteiger partial charge in [0.25, 0.3) is 0 Å². The number of amides is 2. The minimum Gasteiger partial charge on any atom is -0.385 e. The smallest absolute Gasteiger partial charge is 0.385 e. The van der Waals surface area contributed by atoms with E-state index in [4.69, 9.17) is 24.0 Å². The predicted molar refractivity (Wildman–Crippen MR) is 214 cm³/mol. The summed E-state index contributed by atoms with van der Waals surface area (Å²) in [7, 11) is -16.5. The summed E-state index contributed by atoms with van der Waals surface area (Å²) in [6.45, 7) is 1.52. The minimum atomic E-state index is -5.61. The molecule has 0 aromatic carbocycles. The third kappa shape index (κ3) is 14.3. The number of nitrogen functional groups attached to an aromatic ring is 1. The number of phosphoric ester groups is 3. The number of hydrogen-bond donors (Lipinski definition) is 9. The van der Waals surface area contributed by atoms with Gasteiger partial charge in [-0.2, -0.15) is 4.31 Å². The summed E-state index contributed by atoms with van der Waals surface area (Å²) in [6.07, 6.45) is -2.80. The lowest BCUT2D eigenvalue weighted by atomic mass is 9.87. The van der Waals surface area contributed by atoms with E-state index in [-0.39, 0.29) is 59.6 Å². The van der Waals surface area contributed by atoms with E-state index >= 15 is 0 Å². The minimum absolute atomic E-state index is 0.0116. The van der Waals surface area contributed by atoms with Gasteiger partial charge in [-0.3, -0.25) is 37.3 Å². The molecule has 0 aliphatic carbocycles. The molecule has 7 atom stereocenters. The number of aromatic nitrogens is 4. The quantitative estimate of drug-likeness (QED) is 0.0274. The number of nitrogens with two attached hydrogens (primary N) is 1. The highest BCUT2D eigenvalue weighted by atomic mass is 32.2. The number of nitrogens with zero attached hydrogens (tertiary/aromatic N) is 4. The Morgan fingerprint density at radius 1 is 1.10 bits per heavy atom. The van der Waals surface area contributed by atoms with Crippen LogP contribution in [-0.2, 0) is 56.4 Å². The van der Waals surface area contributed by atoms with Crippen molar-refractivity contribution < 1.29 is 85.3 Å². The monoisotopic (exact) mass is 959 g/mol. The average Bonchev–Trinajstić information content (AvgIpc) is 3.92. The number of thioether (sulfide) groups is 1. The van der Waals surface area contributed by atoms with Crippen molar-refractivity contribution in [2.45, 2.75) is 63.8 Å². The standard InChI is InChI=1S/C31H44N7O18P3S2/c1-30(2,26(43)29(44)34-10-9-21(40)33-11-13-61-22(41)8-4-6-18(39)20-7-5-12-60-20)15-53-59(50,51)56-58(48,49)52-14-19-24(55-57(45,46)47)25(42)31(3,54-19)38-17-37-23-27(32)35-16-36-28(23)38/h4-5,7-8,12,16-17,19,24-26,42-43H,6,9-11,13-15H2,1-3H3,(H,33,40)(H,34,44)(H,48,49)(H,50,51)(H2,32,35,36)(H2,45,46,47). The van der Waals surface area contributed by atoms with Gasteiger partial charge in [-0.1, -0.05) is 37.8 Å². The van der Waals surface area contributed by atoms with E-state index in [9.17, 15) is 62.7 Å². The third-order valence-corrected chi connectivity index (χ3v) is 13.4. The van der Waals surface area contributed by atoms with Crippen LogP contribution in [0.15, 0.2) is 42.3 Å². The van der Waals surface area contributed by atoms with Gasteiger partial charge in [-0.15, -0.1) is 11.3 Å². The zero-order chi connectivity index (χ0) is 45.4. The van der Waals surface area contributed by atoms with Crippen molar-refractivity contribution in [2.75, 3.05) is 37.8 Å². The van der Waals surface area contributed by atoms with Gasteiger partial charge < -0.3 is 50.9 Å². The summed E-state index contributed by atoms with van der Waals surface area (Å²) in [5.74, 6) is -1.43. The maximum atomic E-state index is 12.8. The van der Waals surface area contributed by atoms with Crippen LogP contribution >= 0.6 is 46.6 Å². The van der Waals surface area contributed by atoms with E-state index in [0.717, 1.165) is 29.0 Å². The molecule has 1 aliphatic heterocycles. The van der Waals surface area contributed by atoms with Crippen molar-refractivity contribution in [1.29, 1.82) is 0 Å². The van der Waals surface area contributed by atoms with Crippen LogP contribution in [0.3, 0.4) is 0 Å². The van der Waals surface area contributed by atoms with Crippen LogP contribution in [-0.4, -0.2) is 128 Å². The summed E-state index contributed by atoms with van der Waals surface area (Å²) in [5, 5.41) is 28.1. The molecule has 2 amide bonds. The number of carbonyl (C=O) groups is 4. The normalized spacial score (nSPS) is 22.1. The van der Waals surface area contributed by atoms with Gasteiger partial charge in [0, 0.05) is 37.1 Å². The summed E-state index contributed by atoms with van der Waals surface area (Å²) >= 11 is 2.23. The van der Waals surface area contributed by atoms with Crippen LogP contribution in [0, 0.1) is 5.41 Å². The Hall–Kier alpha value is -3.33. The maximum absolute atomic E-state index is 12.8. The van der Waals surface area contributed by atoms with Crippen LogP contribution in [0.4, 0.5) is 5.82 Å². The Morgan fingerprint density at radius 2 is 1.80 bits per heavy atom. The molecule has 0 radical (unpaired) electrons. The fourth-order valence-corrected chi connectivity index (χ4v) is 9.54. The highest BCUT2D eigenvalue weighted by Crippen LogP contribution is 2.61. The Bertz CT molecular complexity index is 2220. The first-order valence-corrected chi connectivity index (χ1v) is 24.0. The molecule has 7 unspecified atom stereocenters. The Kier molecular flexibility index (Phi) is 17.2. The molecule has 338 valence electrons. The number of fused-ring (bicyclic) bond motifs is 1. The number of nitrogens with one attached hydrogen (secondary N) is 2. The van der Waals surface area contributed by atoms with Crippen LogP contribution in [0.5, 0.6) is 0 Å². The second kappa shape index (κ2) is 20.9. The lowest BCUT2D eigenvalue weighted by Gasteiger charge is -2.30. The molecule has 3 aromatic heterocycles. The number of thiophene rings is 1. The molecule has 0 bridgehead atoms. The van der Waals surface area contributed by atoms with Crippen molar-refractivity contribution in [1.82, 2.24) is 30.2 Å². The zero-order valence-electron chi connectivity index (χ0n) is 32.4. The molecule has 1 fully saturated rings.